The molecule has 3 heteroatoms. The maximum absolute atomic E-state index is 9.44. The van der Waals surface area contributed by atoms with Crippen LogP contribution in [0.25, 0.3) is 10.9 Å². The maximum atomic E-state index is 9.44. The lowest BCUT2D eigenvalue weighted by atomic mass is 10.1. The molecule has 0 aliphatic carbocycles. The first-order chi connectivity index (χ1) is 6.31. The molecule has 0 saturated heterocycles. The molecule has 0 aliphatic heterocycles. The Bertz CT molecular complexity index is 500. The van der Waals surface area contributed by atoms with Crippen LogP contribution in [-0.4, -0.2) is 10.1 Å². The predicted molar refractivity (Wildman–Crippen MR) is 48.1 cm³/mol. The fourth-order valence-corrected chi connectivity index (χ4v) is 1.19. The zero-order valence-corrected chi connectivity index (χ0v) is 6.73. The maximum Gasteiger partial charge on any atom is 0.125 e. The van der Waals surface area contributed by atoms with E-state index in [1.165, 1.54) is 6.20 Å². The van der Waals surface area contributed by atoms with Crippen LogP contribution in [0.15, 0.2) is 30.5 Å². The summed E-state index contributed by atoms with van der Waals surface area (Å²) in [6.07, 6.45) is 1.49. The third-order valence-corrected chi connectivity index (χ3v) is 1.83. The first kappa shape index (κ1) is 7.56. The summed E-state index contributed by atoms with van der Waals surface area (Å²) in [4.78, 5) is 4.03. The number of hydrogen-bond acceptors (Lipinski definition) is 3. The van der Waals surface area contributed by atoms with Gasteiger partial charge in [0.05, 0.1) is 11.1 Å². The van der Waals surface area contributed by atoms with Crippen LogP contribution in [0, 0.1) is 11.3 Å². The Morgan fingerprint density at radius 2 is 2.23 bits per heavy atom. The van der Waals surface area contributed by atoms with Crippen LogP contribution in [0.2, 0.25) is 0 Å². The van der Waals surface area contributed by atoms with Gasteiger partial charge in [0, 0.05) is 11.6 Å². The average Bonchev–Trinajstić information content (AvgIpc) is 2.18. The molecule has 0 amide bonds. The molecule has 0 aliphatic rings. The second kappa shape index (κ2) is 2.76. The molecule has 1 aromatic heterocycles. The number of aromatic hydroxyl groups is 1. The van der Waals surface area contributed by atoms with Gasteiger partial charge in [-0.25, -0.2) is 0 Å². The molecule has 1 heterocycles. The van der Waals surface area contributed by atoms with Gasteiger partial charge in [-0.1, -0.05) is 6.07 Å². The summed E-state index contributed by atoms with van der Waals surface area (Å²) in [6.45, 7) is 0. The highest BCUT2D eigenvalue weighted by Gasteiger charge is 2.00. The van der Waals surface area contributed by atoms with Crippen molar-refractivity contribution < 1.29 is 5.11 Å². The van der Waals surface area contributed by atoms with E-state index in [1.807, 2.05) is 6.07 Å². The van der Waals surface area contributed by atoms with Crippen LogP contribution in [0.3, 0.4) is 0 Å². The van der Waals surface area contributed by atoms with E-state index in [0.29, 0.717) is 16.5 Å². The standard InChI is InChI=1S/C10H6N2O/c11-5-7-4-8-9(12-6-7)2-1-3-10(8)13/h1-4,6,13H. The van der Waals surface area contributed by atoms with E-state index >= 15 is 0 Å². The molecule has 1 aromatic carbocycles. The Balaban J connectivity index is 2.84. The van der Waals surface area contributed by atoms with Gasteiger partial charge in [0.15, 0.2) is 0 Å². The number of benzene rings is 1. The van der Waals surface area contributed by atoms with E-state index in [0.717, 1.165) is 0 Å². The molecular formula is C10H6N2O. The summed E-state index contributed by atoms with van der Waals surface area (Å²) >= 11 is 0. The van der Waals surface area contributed by atoms with Crippen LogP contribution in [0.1, 0.15) is 5.56 Å². The molecular weight excluding hydrogens is 164 g/mol. The molecule has 2 rings (SSSR count). The Hall–Kier alpha value is -2.08. The second-order valence-corrected chi connectivity index (χ2v) is 2.68. The van der Waals surface area contributed by atoms with Crippen LogP contribution < -0.4 is 0 Å². The van der Waals surface area contributed by atoms with Gasteiger partial charge in [0.25, 0.3) is 0 Å². The molecule has 0 bridgehead atoms. The second-order valence-electron chi connectivity index (χ2n) is 2.68. The molecule has 2 aromatic rings. The van der Waals surface area contributed by atoms with Crippen LogP contribution in [0.5, 0.6) is 5.75 Å². The molecule has 0 atom stereocenters. The first-order valence-electron chi connectivity index (χ1n) is 3.79. The van der Waals surface area contributed by atoms with Gasteiger partial charge in [-0.2, -0.15) is 5.26 Å². The van der Waals surface area contributed by atoms with E-state index in [2.05, 4.69) is 4.98 Å². The summed E-state index contributed by atoms with van der Waals surface area (Å²) in [6, 6.07) is 8.68. The Labute approximate surface area is 74.9 Å². The highest BCUT2D eigenvalue weighted by Crippen LogP contribution is 2.22. The Kier molecular flexibility index (Phi) is 1.60. The Morgan fingerprint density at radius 1 is 1.38 bits per heavy atom. The number of phenolic OH excluding ortho intramolecular Hbond substituents is 1. The van der Waals surface area contributed by atoms with E-state index in [9.17, 15) is 5.11 Å². The number of pyridine rings is 1. The van der Waals surface area contributed by atoms with E-state index < -0.39 is 0 Å². The SMILES string of the molecule is N#Cc1cnc2cccc(O)c2c1. The van der Waals surface area contributed by atoms with Crippen LogP contribution in [-0.2, 0) is 0 Å². The third kappa shape index (κ3) is 1.18. The van der Waals surface area contributed by atoms with Gasteiger partial charge in [0.1, 0.15) is 11.8 Å². The monoisotopic (exact) mass is 170 g/mol. The zero-order chi connectivity index (χ0) is 9.26. The number of aromatic nitrogens is 1. The number of nitrogens with zero attached hydrogens (tertiary/aromatic N) is 2. The van der Waals surface area contributed by atoms with Crippen LogP contribution in [0.4, 0.5) is 0 Å². The molecule has 3 nitrogen and oxygen atoms in total. The normalized spacial score (nSPS) is 9.77. The molecule has 62 valence electrons. The largest absolute Gasteiger partial charge is 0.507 e. The van der Waals surface area contributed by atoms with Crippen molar-refractivity contribution in [2.75, 3.05) is 0 Å². The highest BCUT2D eigenvalue weighted by molar-refractivity contribution is 5.85. The smallest absolute Gasteiger partial charge is 0.125 e. The Morgan fingerprint density at radius 3 is 3.00 bits per heavy atom. The number of hydrogen-bond donors (Lipinski definition) is 1. The van der Waals surface area contributed by atoms with Gasteiger partial charge < -0.3 is 5.11 Å². The van der Waals surface area contributed by atoms with Crippen molar-refractivity contribution >= 4 is 10.9 Å². The van der Waals surface area contributed by atoms with Crippen molar-refractivity contribution in [1.29, 1.82) is 5.26 Å². The van der Waals surface area contributed by atoms with Gasteiger partial charge in [-0.15, -0.1) is 0 Å². The average molecular weight is 170 g/mol. The van der Waals surface area contributed by atoms with Crippen molar-refractivity contribution in [3.8, 4) is 11.8 Å². The molecule has 13 heavy (non-hydrogen) atoms. The van der Waals surface area contributed by atoms with Gasteiger partial charge in [-0.3, -0.25) is 4.98 Å². The number of phenols is 1. The quantitative estimate of drug-likeness (QED) is 0.656. The molecule has 1 N–H and O–H groups in total. The molecule has 0 fully saturated rings. The van der Waals surface area contributed by atoms with E-state index in [4.69, 9.17) is 5.26 Å². The van der Waals surface area contributed by atoms with Gasteiger partial charge in [-0.05, 0) is 18.2 Å². The minimum absolute atomic E-state index is 0.155. The fourth-order valence-electron chi connectivity index (χ4n) is 1.19. The van der Waals surface area contributed by atoms with Crippen molar-refractivity contribution in [3.05, 3.63) is 36.0 Å². The van der Waals surface area contributed by atoms with Gasteiger partial charge >= 0.3 is 0 Å². The lowest BCUT2D eigenvalue weighted by Crippen LogP contribution is -1.81. The molecule has 0 radical (unpaired) electrons. The fraction of sp³-hybridized carbons (Fsp3) is 0. The predicted octanol–water partition coefficient (Wildman–Crippen LogP) is 1.81. The lowest BCUT2D eigenvalue weighted by molar-refractivity contribution is 0.481. The summed E-state index contributed by atoms with van der Waals surface area (Å²) in [7, 11) is 0. The van der Waals surface area contributed by atoms with Crippen LogP contribution >= 0.6 is 0 Å². The van der Waals surface area contributed by atoms with Crippen molar-refractivity contribution in [2.24, 2.45) is 0 Å². The molecule has 0 spiro atoms. The zero-order valence-electron chi connectivity index (χ0n) is 6.73. The van der Waals surface area contributed by atoms with E-state index in [-0.39, 0.29) is 5.75 Å². The number of fused-ring (bicyclic) bond motifs is 1. The lowest BCUT2D eigenvalue weighted by Gasteiger charge is -1.98. The topological polar surface area (TPSA) is 56.9 Å². The minimum atomic E-state index is 0.155. The highest BCUT2D eigenvalue weighted by atomic mass is 16.3. The number of nitriles is 1. The van der Waals surface area contributed by atoms with Crippen molar-refractivity contribution in [3.63, 3.8) is 0 Å². The minimum Gasteiger partial charge on any atom is -0.507 e. The summed E-state index contributed by atoms with van der Waals surface area (Å²) in [5.41, 5.74) is 1.15. The first-order valence-corrected chi connectivity index (χ1v) is 3.79. The van der Waals surface area contributed by atoms with Crippen molar-refractivity contribution in [2.45, 2.75) is 0 Å². The van der Waals surface area contributed by atoms with E-state index in [1.54, 1.807) is 24.3 Å². The molecule has 0 saturated carbocycles. The summed E-state index contributed by atoms with van der Waals surface area (Å²) in [5.74, 6) is 0.155. The third-order valence-electron chi connectivity index (χ3n) is 1.83. The summed E-state index contributed by atoms with van der Waals surface area (Å²) < 4.78 is 0. The van der Waals surface area contributed by atoms with Gasteiger partial charge in [0.2, 0.25) is 0 Å². The molecule has 0 unspecified atom stereocenters. The van der Waals surface area contributed by atoms with Crippen molar-refractivity contribution in [1.82, 2.24) is 4.98 Å². The summed E-state index contributed by atoms with van der Waals surface area (Å²) in [5, 5.41) is 18.7. The number of rotatable bonds is 0.